The molecule has 1 atom stereocenters. The number of rotatable bonds is 2. The molecule has 5 heteroatoms. The summed E-state index contributed by atoms with van der Waals surface area (Å²) in [7, 11) is 1.79. The third kappa shape index (κ3) is 3.02. The van der Waals surface area contributed by atoms with E-state index in [1.165, 1.54) is 0 Å². The molecule has 1 amide bonds. The van der Waals surface area contributed by atoms with Crippen molar-refractivity contribution in [1.82, 2.24) is 9.88 Å². The van der Waals surface area contributed by atoms with Gasteiger partial charge in [-0.25, -0.2) is 0 Å². The van der Waals surface area contributed by atoms with Crippen LogP contribution >= 0.6 is 0 Å². The molecule has 0 radical (unpaired) electrons. The molecule has 0 bridgehead atoms. The standard InChI is InChI=1S/C18H17N3O2/c1-21-16-7-6-15(10-13(16)5-8-17(21)22)20-18(23)14-4-2-3-12(9-14)11-19/h2-5,8-9,15H,6-7,10H2,1H3,(H,20,23). The van der Waals surface area contributed by atoms with E-state index in [1.54, 1.807) is 41.9 Å². The lowest BCUT2D eigenvalue weighted by molar-refractivity contribution is 0.0933. The first kappa shape index (κ1) is 15.0. The molecule has 23 heavy (non-hydrogen) atoms. The maximum atomic E-state index is 12.3. The summed E-state index contributed by atoms with van der Waals surface area (Å²) in [6.07, 6.45) is 2.28. The molecule has 0 saturated heterocycles. The number of pyridine rings is 1. The van der Waals surface area contributed by atoms with Gasteiger partial charge in [-0.3, -0.25) is 9.59 Å². The van der Waals surface area contributed by atoms with E-state index in [0.29, 0.717) is 17.5 Å². The lowest BCUT2D eigenvalue weighted by atomic mass is 9.91. The Balaban J connectivity index is 1.74. The Kier molecular flexibility index (Phi) is 3.98. The van der Waals surface area contributed by atoms with Gasteiger partial charge in [-0.1, -0.05) is 12.1 Å². The van der Waals surface area contributed by atoms with E-state index in [0.717, 1.165) is 24.1 Å². The van der Waals surface area contributed by atoms with Crippen LogP contribution in [0.3, 0.4) is 0 Å². The SMILES string of the molecule is Cn1c2c(ccc1=O)CC(NC(=O)c1cccc(C#N)c1)CC2. The van der Waals surface area contributed by atoms with Crippen molar-refractivity contribution in [2.45, 2.75) is 25.3 Å². The molecule has 0 saturated carbocycles. The van der Waals surface area contributed by atoms with Crippen molar-refractivity contribution in [3.05, 3.63) is 69.1 Å². The zero-order valence-electron chi connectivity index (χ0n) is 12.9. The Morgan fingerprint density at radius 1 is 1.35 bits per heavy atom. The third-order valence-corrected chi connectivity index (χ3v) is 4.32. The second kappa shape index (κ2) is 6.09. The summed E-state index contributed by atoms with van der Waals surface area (Å²) in [4.78, 5) is 24.0. The fourth-order valence-corrected chi connectivity index (χ4v) is 3.04. The molecule has 1 heterocycles. The summed E-state index contributed by atoms with van der Waals surface area (Å²) in [5.74, 6) is -0.166. The van der Waals surface area contributed by atoms with Crippen molar-refractivity contribution < 1.29 is 4.79 Å². The van der Waals surface area contributed by atoms with Crippen LogP contribution in [0.1, 0.15) is 33.6 Å². The number of hydrogen-bond acceptors (Lipinski definition) is 3. The van der Waals surface area contributed by atoms with Gasteiger partial charge in [0.15, 0.2) is 0 Å². The predicted octanol–water partition coefficient (Wildman–Crippen LogP) is 1.54. The number of nitriles is 1. The molecule has 0 fully saturated rings. The van der Waals surface area contributed by atoms with Crippen LogP contribution < -0.4 is 10.9 Å². The first-order valence-corrected chi connectivity index (χ1v) is 7.57. The number of carbonyl (C=O) groups is 1. The molecule has 1 aromatic carbocycles. The van der Waals surface area contributed by atoms with Crippen LogP contribution in [0.15, 0.2) is 41.2 Å². The van der Waals surface area contributed by atoms with Crippen molar-refractivity contribution in [3.8, 4) is 6.07 Å². The van der Waals surface area contributed by atoms with Gasteiger partial charge >= 0.3 is 0 Å². The quantitative estimate of drug-likeness (QED) is 0.914. The Hall–Kier alpha value is -2.87. The highest BCUT2D eigenvalue weighted by Crippen LogP contribution is 2.20. The summed E-state index contributed by atoms with van der Waals surface area (Å²) in [6.45, 7) is 0. The van der Waals surface area contributed by atoms with Crippen LogP contribution in [0.4, 0.5) is 0 Å². The summed E-state index contributed by atoms with van der Waals surface area (Å²) in [5.41, 5.74) is 3.13. The van der Waals surface area contributed by atoms with Gasteiger partial charge in [-0.15, -0.1) is 0 Å². The Bertz CT molecular complexity index is 861. The smallest absolute Gasteiger partial charge is 0.251 e. The van der Waals surface area contributed by atoms with Crippen molar-refractivity contribution in [1.29, 1.82) is 5.26 Å². The van der Waals surface area contributed by atoms with Gasteiger partial charge in [0.1, 0.15) is 0 Å². The maximum Gasteiger partial charge on any atom is 0.251 e. The average Bonchev–Trinajstić information content (AvgIpc) is 2.58. The van der Waals surface area contributed by atoms with E-state index in [2.05, 4.69) is 5.32 Å². The predicted molar refractivity (Wildman–Crippen MR) is 86.1 cm³/mol. The number of amides is 1. The van der Waals surface area contributed by atoms with Gasteiger partial charge in [-0.05, 0) is 43.0 Å². The Morgan fingerprint density at radius 2 is 2.17 bits per heavy atom. The second-order valence-corrected chi connectivity index (χ2v) is 5.81. The van der Waals surface area contributed by atoms with Crippen LogP contribution in [0.5, 0.6) is 0 Å². The first-order chi connectivity index (χ1) is 11.1. The van der Waals surface area contributed by atoms with Crippen molar-refractivity contribution in [2.24, 2.45) is 7.05 Å². The lowest BCUT2D eigenvalue weighted by Gasteiger charge is -2.26. The third-order valence-electron chi connectivity index (χ3n) is 4.32. The molecule has 2 aromatic rings. The van der Waals surface area contributed by atoms with Crippen LogP contribution in [0.2, 0.25) is 0 Å². The molecular formula is C18H17N3O2. The minimum Gasteiger partial charge on any atom is -0.349 e. The first-order valence-electron chi connectivity index (χ1n) is 7.57. The molecule has 0 spiro atoms. The fraction of sp³-hybridized carbons (Fsp3) is 0.278. The topological polar surface area (TPSA) is 74.9 Å². The highest BCUT2D eigenvalue weighted by atomic mass is 16.1. The van der Waals surface area contributed by atoms with Crippen LogP contribution in [-0.4, -0.2) is 16.5 Å². The number of nitrogens with zero attached hydrogens (tertiary/aromatic N) is 2. The molecule has 1 N–H and O–H groups in total. The average molecular weight is 307 g/mol. The number of benzene rings is 1. The molecule has 1 aromatic heterocycles. The van der Waals surface area contributed by atoms with Gasteiger partial charge in [0.25, 0.3) is 5.91 Å². The normalized spacial score (nSPS) is 16.3. The zero-order chi connectivity index (χ0) is 16.4. The number of carbonyl (C=O) groups excluding carboxylic acids is 1. The number of hydrogen-bond donors (Lipinski definition) is 1. The van der Waals surface area contributed by atoms with Crippen molar-refractivity contribution >= 4 is 5.91 Å². The van der Waals surface area contributed by atoms with E-state index < -0.39 is 0 Å². The molecule has 3 rings (SSSR count). The summed E-state index contributed by atoms with van der Waals surface area (Å²) in [5, 5.41) is 11.9. The van der Waals surface area contributed by atoms with Crippen LogP contribution in [0, 0.1) is 11.3 Å². The maximum absolute atomic E-state index is 12.3. The highest BCUT2D eigenvalue weighted by molar-refractivity contribution is 5.94. The number of aromatic nitrogens is 1. The fourth-order valence-electron chi connectivity index (χ4n) is 3.04. The van der Waals surface area contributed by atoms with Gasteiger partial charge < -0.3 is 9.88 Å². The molecule has 1 unspecified atom stereocenters. The zero-order valence-corrected chi connectivity index (χ0v) is 12.9. The number of fused-ring (bicyclic) bond motifs is 1. The largest absolute Gasteiger partial charge is 0.349 e. The van der Waals surface area contributed by atoms with Crippen LogP contribution in [0.25, 0.3) is 0 Å². The summed E-state index contributed by atoms with van der Waals surface area (Å²) in [6, 6.07) is 12.2. The van der Waals surface area contributed by atoms with Gasteiger partial charge in [0.2, 0.25) is 5.56 Å². The Morgan fingerprint density at radius 3 is 2.96 bits per heavy atom. The van der Waals surface area contributed by atoms with E-state index in [-0.39, 0.29) is 17.5 Å². The highest BCUT2D eigenvalue weighted by Gasteiger charge is 2.22. The minimum atomic E-state index is -0.166. The van der Waals surface area contributed by atoms with Gasteiger partial charge in [0, 0.05) is 30.4 Å². The minimum absolute atomic E-state index is 0.000413. The number of nitrogens with one attached hydrogen (secondary N) is 1. The summed E-state index contributed by atoms with van der Waals surface area (Å²) >= 11 is 0. The molecule has 1 aliphatic rings. The van der Waals surface area contributed by atoms with E-state index >= 15 is 0 Å². The molecule has 5 nitrogen and oxygen atoms in total. The molecular weight excluding hydrogens is 290 g/mol. The molecule has 116 valence electrons. The lowest BCUT2D eigenvalue weighted by Crippen LogP contribution is -2.40. The monoisotopic (exact) mass is 307 g/mol. The summed E-state index contributed by atoms with van der Waals surface area (Å²) < 4.78 is 1.68. The second-order valence-electron chi connectivity index (χ2n) is 5.81. The Labute approximate surface area is 134 Å². The van der Waals surface area contributed by atoms with Crippen LogP contribution in [-0.2, 0) is 19.9 Å². The molecule has 0 aliphatic heterocycles. The van der Waals surface area contributed by atoms with E-state index in [9.17, 15) is 9.59 Å². The van der Waals surface area contributed by atoms with Gasteiger partial charge in [-0.2, -0.15) is 5.26 Å². The van der Waals surface area contributed by atoms with Gasteiger partial charge in [0.05, 0.1) is 11.6 Å². The van der Waals surface area contributed by atoms with E-state index in [1.807, 2.05) is 12.1 Å². The van der Waals surface area contributed by atoms with E-state index in [4.69, 9.17) is 5.26 Å². The molecule has 1 aliphatic carbocycles. The van der Waals surface area contributed by atoms with Crippen molar-refractivity contribution in [2.75, 3.05) is 0 Å². The van der Waals surface area contributed by atoms with Crippen molar-refractivity contribution in [3.63, 3.8) is 0 Å².